The molecule has 1 saturated heterocycles. The number of halogens is 4. The number of carbonyl (C=O) groups excluding carboxylic acids is 1. The molecular weight excluding hydrogens is 286 g/mol. The zero-order valence-electron chi connectivity index (χ0n) is 11.9. The Balaban J connectivity index is 2.36. The fraction of sp³-hybridized carbons (Fsp3) is 0.533. The zero-order valence-corrected chi connectivity index (χ0v) is 11.9. The summed E-state index contributed by atoms with van der Waals surface area (Å²) in [5.74, 6) is -1.95. The lowest BCUT2D eigenvalue weighted by molar-refractivity contribution is -0.140. The van der Waals surface area contributed by atoms with Crippen molar-refractivity contribution in [2.75, 3.05) is 6.54 Å². The van der Waals surface area contributed by atoms with Gasteiger partial charge in [0.25, 0.3) is 5.91 Å². The van der Waals surface area contributed by atoms with Gasteiger partial charge in [-0.05, 0) is 30.9 Å². The predicted molar refractivity (Wildman–Crippen MR) is 70.3 cm³/mol. The molecule has 0 N–H and O–H groups in total. The minimum atomic E-state index is -4.80. The molecule has 2 nitrogen and oxygen atoms in total. The average molecular weight is 303 g/mol. The molecule has 1 aliphatic heterocycles. The molecule has 1 amide bonds. The van der Waals surface area contributed by atoms with Gasteiger partial charge in [-0.2, -0.15) is 13.2 Å². The van der Waals surface area contributed by atoms with Crippen LogP contribution in [0, 0.1) is 11.7 Å². The van der Waals surface area contributed by atoms with Crippen molar-refractivity contribution in [3.05, 3.63) is 35.1 Å². The Hall–Kier alpha value is -1.59. The number of likely N-dealkylation sites (tertiary alicyclic amines) is 1. The van der Waals surface area contributed by atoms with Gasteiger partial charge in [0, 0.05) is 12.6 Å². The molecule has 1 fully saturated rings. The van der Waals surface area contributed by atoms with E-state index in [0.29, 0.717) is 12.6 Å². The molecule has 0 aliphatic carbocycles. The van der Waals surface area contributed by atoms with Crippen LogP contribution in [0.3, 0.4) is 0 Å². The van der Waals surface area contributed by atoms with Crippen molar-refractivity contribution in [2.45, 2.75) is 38.9 Å². The first-order valence-corrected chi connectivity index (χ1v) is 6.90. The van der Waals surface area contributed by atoms with Crippen molar-refractivity contribution < 1.29 is 22.4 Å². The smallest absolute Gasteiger partial charge is 0.335 e. The number of amides is 1. The van der Waals surface area contributed by atoms with E-state index in [4.69, 9.17) is 0 Å². The topological polar surface area (TPSA) is 20.3 Å². The molecule has 0 bridgehead atoms. The maximum Gasteiger partial charge on any atom is 0.419 e. The van der Waals surface area contributed by atoms with Crippen molar-refractivity contribution >= 4 is 5.91 Å². The fourth-order valence-corrected chi connectivity index (χ4v) is 2.81. The fourth-order valence-electron chi connectivity index (χ4n) is 2.81. The van der Waals surface area contributed by atoms with Crippen LogP contribution in [0.25, 0.3) is 0 Å². The molecule has 1 aromatic rings. The molecule has 21 heavy (non-hydrogen) atoms. The summed E-state index contributed by atoms with van der Waals surface area (Å²) >= 11 is 0. The average Bonchev–Trinajstić information content (AvgIpc) is 2.86. The van der Waals surface area contributed by atoms with E-state index in [0.717, 1.165) is 25.0 Å². The van der Waals surface area contributed by atoms with Crippen molar-refractivity contribution in [2.24, 2.45) is 5.92 Å². The van der Waals surface area contributed by atoms with Crippen LogP contribution in [0.4, 0.5) is 17.6 Å². The van der Waals surface area contributed by atoms with Gasteiger partial charge < -0.3 is 4.90 Å². The molecule has 6 heteroatoms. The summed E-state index contributed by atoms with van der Waals surface area (Å²) in [4.78, 5) is 13.9. The van der Waals surface area contributed by atoms with Gasteiger partial charge in [-0.3, -0.25) is 4.79 Å². The van der Waals surface area contributed by atoms with Gasteiger partial charge in [-0.25, -0.2) is 4.39 Å². The summed E-state index contributed by atoms with van der Waals surface area (Å²) in [5, 5.41) is 0. The molecule has 0 spiro atoms. The van der Waals surface area contributed by atoms with Crippen LogP contribution < -0.4 is 0 Å². The highest BCUT2D eigenvalue weighted by molar-refractivity contribution is 5.95. The number of hydrogen-bond donors (Lipinski definition) is 0. The van der Waals surface area contributed by atoms with Gasteiger partial charge in [-0.1, -0.05) is 19.9 Å². The minimum absolute atomic E-state index is 0.0496. The third-order valence-corrected chi connectivity index (χ3v) is 3.86. The van der Waals surface area contributed by atoms with E-state index in [1.165, 1.54) is 4.90 Å². The van der Waals surface area contributed by atoms with Crippen LogP contribution in [-0.2, 0) is 6.18 Å². The summed E-state index contributed by atoms with van der Waals surface area (Å²) in [5.41, 5.74) is -1.90. The van der Waals surface area contributed by atoms with E-state index in [1.54, 1.807) is 0 Å². The number of hydrogen-bond acceptors (Lipinski definition) is 1. The van der Waals surface area contributed by atoms with E-state index >= 15 is 0 Å². The van der Waals surface area contributed by atoms with Crippen molar-refractivity contribution in [3.8, 4) is 0 Å². The summed E-state index contributed by atoms with van der Waals surface area (Å²) in [7, 11) is 0. The van der Waals surface area contributed by atoms with Crippen LogP contribution in [0.5, 0.6) is 0 Å². The Morgan fingerprint density at radius 1 is 1.33 bits per heavy atom. The summed E-state index contributed by atoms with van der Waals surface area (Å²) < 4.78 is 52.2. The normalized spacial score (nSPS) is 19.4. The van der Waals surface area contributed by atoms with Crippen LogP contribution in [0.15, 0.2) is 18.2 Å². The first-order valence-electron chi connectivity index (χ1n) is 6.90. The molecule has 1 unspecified atom stereocenters. The summed E-state index contributed by atoms with van der Waals surface area (Å²) in [6, 6.07) is 2.78. The van der Waals surface area contributed by atoms with Crippen LogP contribution in [-0.4, -0.2) is 23.4 Å². The van der Waals surface area contributed by atoms with Crippen molar-refractivity contribution in [3.63, 3.8) is 0 Å². The number of rotatable bonds is 2. The molecule has 2 rings (SSSR count). The Labute approximate surface area is 120 Å². The largest absolute Gasteiger partial charge is 0.419 e. The monoisotopic (exact) mass is 303 g/mol. The van der Waals surface area contributed by atoms with Gasteiger partial charge in [-0.15, -0.1) is 0 Å². The lowest BCUT2D eigenvalue weighted by Crippen LogP contribution is -2.39. The Bertz CT molecular complexity index is 539. The first-order chi connectivity index (χ1) is 9.73. The number of benzene rings is 1. The quantitative estimate of drug-likeness (QED) is 0.753. The second-order valence-corrected chi connectivity index (χ2v) is 5.62. The van der Waals surface area contributed by atoms with Gasteiger partial charge in [0.05, 0.1) is 11.1 Å². The second-order valence-electron chi connectivity index (χ2n) is 5.62. The second kappa shape index (κ2) is 5.66. The maximum atomic E-state index is 14.0. The lowest BCUT2D eigenvalue weighted by Gasteiger charge is -2.28. The van der Waals surface area contributed by atoms with Crippen molar-refractivity contribution in [1.29, 1.82) is 0 Å². The molecule has 0 aromatic heterocycles. The summed E-state index contributed by atoms with van der Waals surface area (Å²) in [6.45, 7) is 4.34. The highest BCUT2D eigenvalue weighted by Gasteiger charge is 2.38. The lowest BCUT2D eigenvalue weighted by atomic mass is 10.0. The van der Waals surface area contributed by atoms with Gasteiger partial charge in [0.15, 0.2) is 0 Å². The van der Waals surface area contributed by atoms with E-state index < -0.39 is 29.0 Å². The number of carbonyl (C=O) groups is 1. The van der Waals surface area contributed by atoms with E-state index in [2.05, 4.69) is 0 Å². The standard InChI is InChI=1S/C15H17F4NO/c1-9(2)12-7-4-8-20(12)14(21)10-5-3-6-11(13(10)16)15(17,18)19/h3,5-6,9,12H,4,7-8H2,1-2H3. The predicted octanol–water partition coefficient (Wildman–Crippen LogP) is 4.11. The number of nitrogens with zero attached hydrogens (tertiary/aromatic N) is 1. The summed E-state index contributed by atoms with van der Waals surface area (Å²) in [6.07, 6.45) is -3.22. The van der Waals surface area contributed by atoms with Gasteiger partial charge in [0.2, 0.25) is 0 Å². The SMILES string of the molecule is CC(C)C1CCCN1C(=O)c1cccc(C(F)(F)F)c1F. The zero-order chi connectivity index (χ0) is 15.8. The number of alkyl halides is 3. The van der Waals surface area contributed by atoms with Crippen LogP contribution in [0.2, 0.25) is 0 Å². The van der Waals surface area contributed by atoms with Crippen LogP contribution >= 0.6 is 0 Å². The Morgan fingerprint density at radius 2 is 2.00 bits per heavy atom. The van der Waals surface area contributed by atoms with Crippen LogP contribution in [0.1, 0.15) is 42.6 Å². The molecular formula is C15H17F4NO. The van der Waals surface area contributed by atoms with E-state index in [1.807, 2.05) is 13.8 Å². The molecule has 1 aromatic carbocycles. The van der Waals surface area contributed by atoms with Crippen molar-refractivity contribution in [1.82, 2.24) is 4.90 Å². The highest BCUT2D eigenvalue weighted by atomic mass is 19.4. The third-order valence-electron chi connectivity index (χ3n) is 3.86. The molecule has 1 heterocycles. The molecule has 1 aliphatic rings. The van der Waals surface area contributed by atoms with Gasteiger partial charge in [0.1, 0.15) is 5.82 Å². The third kappa shape index (κ3) is 3.04. The first kappa shape index (κ1) is 15.8. The molecule has 116 valence electrons. The highest BCUT2D eigenvalue weighted by Crippen LogP contribution is 2.33. The Kier molecular flexibility index (Phi) is 4.25. The van der Waals surface area contributed by atoms with E-state index in [9.17, 15) is 22.4 Å². The van der Waals surface area contributed by atoms with E-state index in [-0.39, 0.29) is 12.0 Å². The maximum absolute atomic E-state index is 14.0. The Morgan fingerprint density at radius 3 is 2.57 bits per heavy atom. The molecule has 0 radical (unpaired) electrons. The molecule has 0 saturated carbocycles. The molecule has 1 atom stereocenters. The minimum Gasteiger partial charge on any atom is -0.335 e. The van der Waals surface area contributed by atoms with Gasteiger partial charge >= 0.3 is 6.18 Å².